The van der Waals surface area contributed by atoms with Crippen molar-refractivity contribution in [3.63, 3.8) is 0 Å². The zero-order valence-corrected chi connectivity index (χ0v) is 9.77. The fourth-order valence-electron chi connectivity index (χ4n) is 1.92. The van der Waals surface area contributed by atoms with E-state index in [1.165, 1.54) is 21.9 Å². The molecule has 0 fully saturated rings. The van der Waals surface area contributed by atoms with Crippen molar-refractivity contribution in [1.29, 1.82) is 0 Å². The molecular formula is C16H16. The van der Waals surface area contributed by atoms with Crippen molar-refractivity contribution >= 4 is 22.9 Å². The minimum absolute atomic E-state index is 1.28. The van der Waals surface area contributed by atoms with Gasteiger partial charge in [-0.2, -0.15) is 0 Å². The van der Waals surface area contributed by atoms with Crippen LogP contribution in [-0.2, 0) is 0 Å². The predicted molar refractivity (Wildman–Crippen MR) is 73.4 cm³/mol. The van der Waals surface area contributed by atoms with E-state index in [1.807, 2.05) is 0 Å². The van der Waals surface area contributed by atoms with E-state index in [0.29, 0.717) is 0 Å². The number of allylic oxidation sites excluding steroid dienone is 2. The highest BCUT2D eigenvalue weighted by Gasteiger charge is 1.99. The van der Waals surface area contributed by atoms with Crippen molar-refractivity contribution in [1.82, 2.24) is 0 Å². The van der Waals surface area contributed by atoms with E-state index >= 15 is 0 Å². The van der Waals surface area contributed by atoms with Gasteiger partial charge >= 0.3 is 0 Å². The lowest BCUT2D eigenvalue weighted by Crippen LogP contribution is -1.82. The first kappa shape index (κ1) is 10.7. The Morgan fingerprint density at radius 2 is 1.19 bits per heavy atom. The minimum atomic E-state index is 1.28. The summed E-state index contributed by atoms with van der Waals surface area (Å²) >= 11 is 0. The molecule has 16 heavy (non-hydrogen) atoms. The monoisotopic (exact) mass is 208 g/mol. The van der Waals surface area contributed by atoms with Crippen LogP contribution in [0.25, 0.3) is 22.9 Å². The second-order valence-electron chi connectivity index (χ2n) is 3.83. The van der Waals surface area contributed by atoms with Gasteiger partial charge in [-0.1, -0.05) is 48.6 Å². The van der Waals surface area contributed by atoms with Crippen LogP contribution in [-0.4, -0.2) is 0 Å². The third-order valence-corrected chi connectivity index (χ3v) is 2.64. The first-order chi connectivity index (χ1) is 7.85. The quantitative estimate of drug-likeness (QED) is 0.658. The van der Waals surface area contributed by atoms with Crippen LogP contribution in [0.15, 0.2) is 48.6 Å². The van der Waals surface area contributed by atoms with Crippen molar-refractivity contribution in [3.05, 3.63) is 59.7 Å². The summed E-state index contributed by atoms with van der Waals surface area (Å²) in [6.45, 7) is 4.10. The Hall–Kier alpha value is -1.82. The predicted octanol–water partition coefficient (Wildman–Crippen LogP) is 4.91. The van der Waals surface area contributed by atoms with Crippen LogP contribution < -0.4 is 0 Å². The van der Waals surface area contributed by atoms with Gasteiger partial charge in [0.2, 0.25) is 0 Å². The van der Waals surface area contributed by atoms with Crippen molar-refractivity contribution in [2.24, 2.45) is 0 Å². The van der Waals surface area contributed by atoms with Crippen LogP contribution in [0.4, 0.5) is 0 Å². The summed E-state index contributed by atoms with van der Waals surface area (Å²) in [6.07, 6.45) is 8.47. The maximum Gasteiger partial charge on any atom is -0.0178 e. The average molecular weight is 208 g/mol. The Balaban J connectivity index is 2.70. The molecule has 0 aliphatic rings. The summed E-state index contributed by atoms with van der Waals surface area (Å²) in [5, 5.41) is 2.59. The average Bonchev–Trinajstić information content (AvgIpc) is 2.30. The van der Waals surface area contributed by atoms with Gasteiger partial charge in [0.25, 0.3) is 0 Å². The molecule has 2 aromatic carbocycles. The third-order valence-electron chi connectivity index (χ3n) is 2.64. The summed E-state index contributed by atoms with van der Waals surface area (Å²) in [5.74, 6) is 0. The SMILES string of the molecule is CC=Cc1cc2ccccc2cc1C=CC. The fourth-order valence-corrected chi connectivity index (χ4v) is 1.92. The van der Waals surface area contributed by atoms with Crippen LogP contribution >= 0.6 is 0 Å². The molecule has 0 aliphatic carbocycles. The van der Waals surface area contributed by atoms with Gasteiger partial charge in [0, 0.05) is 0 Å². The normalized spacial score (nSPS) is 11.9. The second-order valence-corrected chi connectivity index (χ2v) is 3.83. The van der Waals surface area contributed by atoms with E-state index in [9.17, 15) is 0 Å². The molecule has 0 amide bonds. The number of fused-ring (bicyclic) bond motifs is 1. The van der Waals surface area contributed by atoms with E-state index in [1.54, 1.807) is 0 Å². The van der Waals surface area contributed by atoms with Crippen molar-refractivity contribution in [2.45, 2.75) is 13.8 Å². The van der Waals surface area contributed by atoms with Gasteiger partial charge < -0.3 is 0 Å². The maximum atomic E-state index is 2.24. The molecule has 0 heteroatoms. The molecule has 80 valence electrons. The number of hydrogen-bond donors (Lipinski definition) is 0. The molecule has 0 spiro atoms. The molecule has 0 saturated heterocycles. The molecule has 0 bridgehead atoms. The Bertz CT molecular complexity index is 494. The van der Waals surface area contributed by atoms with E-state index < -0.39 is 0 Å². The number of rotatable bonds is 2. The summed E-state index contributed by atoms with van der Waals surface area (Å²) in [7, 11) is 0. The fraction of sp³-hybridized carbons (Fsp3) is 0.125. The zero-order valence-electron chi connectivity index (χ0n) is 9.77. The molecule has 2 aromatic rings. The summed E-state index contributed by atoms with van der Waals surface area (Å²) in [5.41, 5.74) is 2.55. The van der Waals surface area contributed by atoms with Crippen LogP contribution in [0.5, 0.6) is 0 Å². The maximum absolute atomic E-state index is 2.24. The second kappa shape index (κ2) is 4.80. The highest BCUT2D eigenvalue weighted by Crippen LogP contribution is 2.22. The Morgan fingerprint density at radius 3 is 1.56 bits per heavy atom. The lowest BCUT2D eigenvalue weighted by atomic mass is 10.0. The molecule has 0 radical (unpaired) electrons. The number of hydrogen-bond acceptors (Lipinski definition) is 0. The van der Waals surface area contributed by atoms with Gasteiger partial charge in [0.05, 0.1) is 0 Å². The van der Waals surface area contributed by atoms with Gasteiger partial charge in [-0.3, -0.25) is 0 Å². The van der Waals surface area contributed by atoms with Gasteiger partial charge in [-0.25, -0.2) is 0 Å². The van der Waals surface area contributed by atoms with Crippen molar-refractivity contribution < 1.29 is 0 Å². The van der Waals surface area contributed by atoms with Crippen LogP contribution in [0.2, 0.25) is 0 Å². The highest BCUT2D eigenvalue weighted by atomic mass is 14.0. The van der Waals surface area contributed by atoms with Gasteiger partial charge in [-0.15, -0.1) is 0 Å². The smallest absolute Gasteiger partial charge is 0.0178 e. The Labute approximate surface area is 96.9 Å². The molecule has 0 aliphatic heterocycles. The minimum Gasteiger partial charge on any atom is -0.0870 e. The van der Waals surface area contributed by atoms with Crippen molar-refractivity contribution in [2.75, 3.05) is 0 Å². The lowest BCUT2D eigenvalue weighted by molar-refractivity contribution is 1.63. The largest absolute Gasteiger partial charge is 0.0870 e. The molecule has 0 N–H and O–H groups in total. The van der Waals surface area contributed by atoms with E-state index in [0.717, 1.165) is 0 Å². The highest BCUT2D eigenvalue weighted by molar-refractivity contribution is 5.88. The third kappa shape index (κ3) is 2.06. The van der Waals surface area contributed by atoms with Crippen LogP contribution in [0, 0.1) is 0 Å². The van der Waals surface area contributed by atoms with Crippen LogP contribution in [0.1, 0.15) is 25.0 Å². The van der Waals surface area contributed by atoms with E-state index in [-0.39, 0.29) is 0 Å². The summed E-state index contributed by atoms with van der Waals surface area (Å²) in [4.78, 5) is 0. The topological polar surface area (TPSA) is 0 Å². The molecule has 0 heterocycles. The van der Waals surface area contributed by atoms with E-state index in [4.69, 9.17) is 0 Å². The molecule has 0 aromatic heterocycles. The zero-order chi connectivity index (χ0) is 11.4. The molecular weight excluding hydrogens is 192 g/mol. The number of benzene rings is 2. The molecule has 0 unspecified atom stereocenters. The first-order valence-electron chi connectivity index (χ1n) is 5.63. The standard InChI is InChI=1S/C16H16/c1-3-7-13-11-15-9-5-6-10-16(15)12-14(13)8-4-2/h3-12H,1-2H3. The van der Waals surface area contributed by atoms with Gasteiger partial charge in [-0.05, 0) is 47.9 Å². The molecule has 0 saturated carbocycles. The van der Waals surface area contributed by atoms with E-state index in [2.05, 4.69) is 74.5 Å². The molecule has 0 nitrogen and oxygen atoms in total. The first-order valence-corrected chi connectivity index (χ1v) is 5.63. The van der Waals surface area contributed by atoms with Gasteiger partial charge in [0.15, 0.2) is 0 Å². The summed E-state index contributed by atoms with van der Waals surface area (Å²) in [6, 6.07) is 13.0. The lowest BCUT2D eigenvalue weighted by Gasteiger charge is -2.05. The summed E-state index contributed by atoms with van der Waals surface area (Å²) < 4.78 is 0. The van der Waals surface area contributed by atoms with Crippen molar-refractivity contribution in [3.8, 4) is 0 Å². The van der Waals surface area contributed by atoms with Crippen LogP contribution in [0.3, 0.4) is 0 Å². The Morgan fingerprint density at radius 1 is 0.750 bits per heavy atom. The molecule has 2 rings (SSSR count). The Kier molecular flexibility index (Phi) is 3.21. The molecule has 0 atom stereocenters. The van der Waals surface area contributed by atoms with Gasteiger partial charge in [0.1, 0.15) is 0 Å².